The molecule has 0 aliphatic carbocycles. The Morgan fingerprint density at radius 1 is 0.812 bits per heavy atom. The van der Waals surface area contributed by atoms with Crippen LogP contribution in [0.25, 0.3) is 0 Å². The van der Waals surface area contributed by atoms with E-state index < -0.39 is 40.6 Å². The number of hydrogen-bond acceptors (Lipinski definition) is 2. The molecule has 16 heavy (non-hydrogen) atoms. The number of halogens is 6. The van der Waals surface area contributed by atoms with Gasteiger partial charge in [-0.3, -0.25) is 4.55 Å². The molecule has 0 radical (unpaired) electrons. The molecule has 0 fully saturated rings. The summed E-state index contributed by atoms with van der Waals surface area (Å²) in [5, 5.41) is 0. The van der Waals surface area contributed by atoms with E-state index in [0.717, 1.165) is 0 Å². The Morgan fingerprint density at radius 2 is 1.19 bits per heavy atom. The van der Waals surface area contributed by atoms with E-state index in [1.54, 1.807) is 0 Å². The van der Waals surface area contributed by atoms with Crippen molar-refractivity contribution in [1.29, 1.82) is 0 Å². The normalized spacial score (nSPS) is 19.8. The van der Waals surface area contributed by atoms with Crippen molar-refractivity contribution in [2.45, 2.75) is 30.4 Å². The van der Waals surface area contributed by atoms with Gasteiger partial charge < -0.3 is 0 Å². The van der Waals surface area contributed by atoms with Crippen molar-refractivity contribution in [1.82, 2.24) is 0 Å². The Labute approximate surface area is 99.1 Å². The van der Waals surface area contributed by atoms with Gasteiger partial charge in [0.2, 0.25) is 0 Å². The summed E-state index contributed by atoms with van der Waals surface area (Å²) in [6.45, 7) is 0. The summed E-state index contributed by atoms with van der Waals surface area (Å²) >= 11 is 0. The monoisotopic (exact) mass is 268 g/mol. The van der Waals surface area contributed by atoms with Crippen LogP contribution in [0.2, 0.25) is 0 Å². The SMILES string of the molecule is O=S(=O)(O)C(F)C(F)C(F)C(F)C(F)F.[LiH]. The Kier molecular flexibility index (Phi) is 7.77. The first-order chi connectivity index (χ1) is 6.59. The minimum absolute atomic E-state index is 0. The van der Waals surface area contributed by atoms with Crippen molar-refractivity contribution in [3.05, 3.63) is 0 Å². The summed E-state index contributed by atoms with van der Waals surface area (Å²) in [6.07, 6.45) is -15.0. The van der Waals surface area contributed by atoms with Gasteiger partial charge in [-0.1, -0.05) is 0 Å². The second kappa shape index (κ2) is 6.73. The molecular weight excluding hydrogens is 261 g/mol. The average Bonchev–Trinajstić information content (AvgIpc) is 2.11. The molecule has 11 heteroatoms. The molecule has 0 saturated carbocycles. The number of rotatable bonds is 5. The van der Waals surface area contributed by atoms with E-state index in [1.807, 2.05) is 0 Å². The second-order valence-electron chi connectivity index (χ2n) is 2.53. The summed E-state index contributed by atoms with van der Waals surface area (Å²) in [5.41, 5.74) is -3.80. The molecule has 0 aliphatic heterocycles. The molecule has 4 atom stereocenters. The first-order valence-corrected chi connectivity index (χ1v) is 4.90. The van der Waals surface area contributed by atoms with Crippen LogP contribution in [0, 0.1) is 0 Å². The summed E-state index contributed by atoms with van der Waals surface area (Å²) in [5.74, 6) is 0. The molecule has 4 unspecified atom stereocenters. The molecule has 0 aliphatic rings. The zero-order valence-corrected chi connectivity index (χ0v) is 7.64. The van der Waals surface area contributed by atoms with Gasteiger partial charge in [-0.25, -0.2) is 26.3 Å². The van der Waals surface area contributed by atoms with Gasteiger partial charge in [-0.05, 0) is 0 Å². The van der Waals surface area contributed by atoms with Crippen LogP contribution in [0.15, 0.2) is 0 Å². The quantitative estimate of drug-likeness (QED) is 0.456. The maximum atomic E-state index is 12.4. The third-order valence-electron chi connectivity index (χ3n) is 1.38. The summed E-state index contributed by atoms with van der Waals surface area (Å²) < 4.78 is 100.0. The molecular formula is C5H7F6LiO3S. The zero-order chi connectivity index (χ0) is 12.4. The standard InChI is InChI=1S/C5H6F6O3S.Li.H/c6-1(2(7)4(9)10)3(8)5(11)15(12,13)14;;/h1-5H,(H,12,13,14);;. The number of hydrogen-bond donors (Lipinski definition) is 1. The van der Waals surface area contributed by atoms with E-state index in [0.29, 0.717) is 0 Å². The van der Waals surface area contributed by atoms with Gasteiger partial charge in [-0.2, -0.15) is 8.42 Å². The molecule has 0 aromatic carbocycles. The fourth-order valence-electron chi connectivity index (χ4n) is 0.623. The third kappa shape index (κ3) is 4.95. The van der Waals surface area contributed by atoms with E-state index in [-0.39, 0.29) is 18.9 Å². The van der Waals surface area contributed by atoms with E-state index in [2.05, 4.69) is 0 Å². The molecule has 0 aromatic rings. The predicted octanol–water partition coefficient (Wildman–Crippen LogP) is 0.801. The van der Waals surface area contributed by atoms with Gasteiger partial charge in [-0.15, -0.1) is 0 Å². The Hall–Kier alpha value is 0.0874. The van der Waals surface area contributed by atoms with Crippen LogP contribution >= 0.6 is 0 Å². The molecule has 0 aromatic heterocycles. The third-order valence-corrected chi connectivity index (χ3v) is 2.21. The van der Waals surface area contributed by atoms with Crippen LogP contribution in [-0.2, 0) is 10.1 Å². The van der Waals surface area contributed by atoms with Crippen molar-refractivity contribution < 1.29 is 39.3 Å². The van der Waals surface area contributed by atoms with E-state index in [4.69, 9.17) is 4.55 Å². The maximum absolute atomic E-state index is 12.4. The minimum atomic E-state index is -5.60. The fraction of sp³-hybridized carbons (Fsp3) is 1.00. The molecule has 3 nitrogen and oxygen atoms in total. The van der Waals surface area contributed by atoms with Gasteiger partial charge in [0.05, 0.1) is 0 Å². The van der Waals surface area contributed by atoms with Crippen LogP contribution in [0.3, 0.4) is 0 Å². The first-order valence-electron chi connectivity index (χ1n) is 3.39. The molecule has 0 heterocycles. The first kappa shape index (κ1) is 18.5. The van der Waals surface area contributed by atoms with Gasteiger partial charge in [0.15, 0.2) is 18.5 Å². The van der Waals surface area contributed by atoms with Crippen molar-refractivity contribution in [3.8, 4) is 0 Å². The van der Waals surface area contributed by atoms with Crippen molar-refractivity contribution in [2.75, 3.05) is 0 Å². The van der Waals surface area contributed by atoms with Gasteiger partial charge in [0.1, 0.15) is 0 Å². The molecule has 0 amide bonds. The van der Waals surface area contributed by atoms with Crippen molar-refractivity contribution >= 4 is 29.0 Å². The molecule has 1 N–H and O–H groups in total. The molecule has 0 saturated heterocycles. The summed E-state index contributed by atoms with van der Waals surface area (Å²) in [7, 11) is -5.60. The molecule has 0 bridgehead atoms. The van der Waals surface area contributed by atoms with E-state index in [1.165, 1.54) is 0 Å². The molecule has 0 rings (SSSR count). The Balaban J connectivity index is 0. The second-order valence-corrected chi connectivity index (χ2v) is 4.01. The van der Waals surface area contributed by atoms with Gasteiger partial charge in [0.25, 0.3) is 11.9 Å². The topological polar surface area (TPSA) is 54.4 Å². The summed E-state index contributed by atoms with van der Waals surface area (Å²) in [4.78, 5) is 0. The fourth-order valence-corrected chi connectivity index (χ4v) is 1.10. The van der Waals surface area contributed by atoms with Crippen molar-refractivity contribution in [2.24, 2.45) is 0 Å². The molecule has 0 spiro atoms. The Bertz CT molecular complexity index is 299. The Morgan fingerprint density at radius 3 is 1.44 bits per heavy atom. The van der Waals surface area contributed by atoms with Gasteiger partial charge >= 0.3 is 29.0 Å². The summed E-state index contributed by atoms with van der Waals surface area (Å²) in [6, 6.07) is 0. The zero-order valence-electron chi connectivity index (χ0n) is 6.83. The van der Waals surface area contributed by atoms with Crippen molar-refractivity contribution in [3.63, 3.8) is 0 Å². The predicted molar refractivity (Wildman–Crippen MR) is 44.3 cm³/mol. The van der Waals surface area contributed by atoms with Gasteiger partial charge in [0, 0.05) is 0 Å². The average molecular weight is 268 g/mol. The van der Waals surface area contributed by atoms with Crippen LogP contribution in [-0.4, -0.2) is 62.3 Å². The van der Waals surface area contributed by atoms with Crippen LogP contribution in [0.1, 0.15) is 0 Å². The number of alkyl halides is 6. The van der Waals surface area contributed by atoms with Crippen LogP contribution in [0.4, 0.5) is 26.3 Å². The van der Waals surface area contributed by atoms with Crippen LogP contribution < -0.4 is 0 Å². The van der Waals surface area contributed by atoms with Crippen LogP contribution in [0.5, 0.6) is 0 Å². The van der Waals surface area contributed by atoms with E-state index >= 15 is 0 Å². The molecule has 94 valence electrons. The van der Waals surface area contributed by atoms with E-state index in [9.17, 15) is 34.8 Å².